The second-order valence-corrected chi connectivity index (χ2v) is 4.40. The SMILES string of the molecule is Clc1ccccc1C1=NNCN1c1ccccc1. The average Bonchev–Trinajstić information content (AvgIpc) is 2.89. The molecule has 18 heavy (non-hydrogen) atoms. The Balaban J connectivity index is 2.00. The third-order valence-electron chi connectivity index (χ3n) is 2.85. The summed E-state index contributed by atoms with van der Waals surface area (Å²) in [5, 5.41) is 5.04. The van der Waals surface area contributed by atoms with Gasteiger partial charge in [-0.25, -0.2) is 0 Å². The van der Waals surface area contributed by atoms with Crippen LogP contribution in [0.25, 0.3) is 0 Å². The lowest BCUT2D eigenvalue weighted by molar-refractivity contribution is 0.807. The lowest BCUT2D eigenvalue weighted by atomic mass is 10.2. The van der Waals surface area contributed by atoms with Crippen LogP contribution in [0.2, 0.25) is 5.02 Å². The van der Waals surface area contributed by atoms with Gasteiger partial charge >= 0.3 is 0 Å². The van der Waals surface area contributed by atoms with Crippen LogP contribution in [0.4, 0.5) is 5.69 Å². The van der Waals surface area contributed by atoms with Gasteiger partial charge in [0, 0.05) is 11.3 Å². The third-order valence-corrected chi connectivity index (χ3v) is 3.18. The van der Waals surface area contributed by atoms with Gasteiger partial charge in [0.2, 0.25) is 0 Å². The lowest BCUT2D eigenvalue weighted by Gasteiger charge is -2.19. The molecule has 0 aromatic heterocycles. The summed E-state index contributed by atoms with van der Waals surface area (Å²) in [6.07, 6.45) is 0. The third kappa shape index (κ3) is 1.93. The van der Waals surface area contributed by atoms with Crippen LogP contribution in [0.3, 0.4) is 0 Å². The van der Waals surface area contributed by atoms with E-state index in [9.17, 15) is 0 Å². The second kappa shape index (κ2) is 4.70. The number of nitrogens with one attached hydrogen (secondary N) is 1. The van der Waals surface area contributed by atoms with Crippen LogP contribution >= 0.6 is 11.6 Å². The largest absolute Gasteiger partial charge is 0.305 e. The molecule has 1 aliphatic heterocycles. The van der Waals surface area contributed by atoms with E-state index in [4.69, 9.17) is 11.6 Å². The molecule has 0 saturated carbocycles. The summed E-state index contributed by atoms with van der Waals surface area (Å²) in [6, 6.07) is 17.9. The minimum absolute atomic E-state index is 0.657. The molecule has 0 unspecified atom stereocenters. The number of nitrogens with zero attached hydrogens (tertiary/aromatic N) is 2. The molecule has 3 rings (SSSR count). The van der Waals surface area contributed by atoms with E-state index in [-0.39, 0.29) is 0 Å². The van der Waals surface area contributed by atoms with Gasteiger partial charge in [-0.2, -0.15) is 5.10 Å². The van der Waals surface area contributed by atoms with E-state index in [1.165, 1.54) is 0 Å². The van der Waals surface area contributed by atoms with Crippen LogP contribution in [0, 0.1) is 0 Å². The van der Waals surface area contributed by atoms with Gasteiger partial charge in [-0.1, -0.05) is 41.9 Å². The molecular formula is C14H12ClN3. The van der Waals surface area contributed by atoms with E-state index in [0.717, 1.165) is 17.1 Å². The summed E-state index contributed by atoms with van der Waals surface area (Å²) >= 11 is 6.22. The molecule has 1 aliphatic rings. The molecule has 0 amide bonds. The van der Waals surface area contributed by atoms with E-state index in [2.05, 4.69) is 27.6 Å². The first-order valence-electron chi connectivity index (χ1n) is 5.74. The van der Waals surface area contributed by atoms with Gasteiger partial charge in [0.25, 0.3) is 0 Å². The molecule has 1 N–H and O–H groups in total. The Labute approximate surface area is 111 Å². The molecule has 1 heterocycles. The molecule has 0 bridgehead atoms. The maximum Gasteiger partial charge on any atom is 0.163 e. The van der Waals surface area contributed by atoms with Gasteiger partial charge < -0.3 is 4.90 Å². The molecule has 0 radical (unpaired) electrons. The van der Waals surface area contributed by atoms with Crippen molar-refractivity contribution in [3.05, 3.63) is 65.2 Å². The smallest absolute Gasteiger partial charge is 0.163 e. The molecule has 2 aromatic rings. The lowest BCUT2D eigenvalue weighted by Crippen LogP contribution is -2.29. The van der Waals surface area contributed by atoms with Crippen LogP contribution in [0.15, 0.2) is 59.7 Å². The summed E-state index contributed by atoms with van der Waals surface area (Å²) < 4.78 is 0. The van der Waals surface area contributed by atoms with Crippen molar-refractivity contribution in [3.8, 4) is 0 Å². The standard InChI is InChI=1S/C14H12ClN3/c15-13-9-5-4-8-12(13)14-17-16-10-18(14)11-6-2-1-3-7-11/h1-9,16H,10H2. The maximum absolute atomic E-state index is 6.22. The van der Waals surface area contributed by atoms with Gasteiger partial charge in [0.1, 0.15) is 6.67 Å². The highest BCUT2D eigenvalue weighted by atomic mass is 35.5. The Morgan fingerprint density at radius 2 is 1.72 bits per heavy atom. The van der Waals surface area contributed by atoms with Crippen molar-refractivity contribution in [2.24, 2.45) is 5.10 Å². The quantitative estimate of drug-likeness (QED) is 0.895. The Morgan fingerprint density at radius 3 is 2.50 bits per heavy atom. The van der Waals surface area contributed by atoms with Crippen LogP contribution in [0.1, 0.15) is 5.56 Å². The van der Waals surface area contributed by atoms with Crippen molar-refractivity contribution in [1.82, 2.24) is 5.43 Å². The van der Waals surface area contributed by atoms with E-state index < -0.39 is 0 Å². The van der Waals surface area contributed by atoms with Gasteiger partial charge in [-0.3, -0.25) is 5.43 Å². The summed E-state index contributed by atoms with van der Waals surface area (Å²) in [7, 11) is 0. The molecule has 90 valence electrons. The highest BCUT2D eigenvalue weighted by molar-refractivity contribution is 6.35. The van der Waals surface area contributed by atoms with E-state index >= 15 is 0 Å². The van der Waals surface area contributed by atoms with Gasteiger partial charge in [-0.15, -0.1) is 0 Å². The number of para-hydroxylation sites is 1. The van der Waals surface area contributed by atoms with Crippen molar-refractivity contribution >= 4 is 23.1 Å². The number of hydrogen-bond donors (Lipinski definition) is 1. The van der Waals surface area contributed by atoms with E-state index in [0.29, 0.717) is 11.7 Å². The number of amidine groups is 1. The number of halogens is 1. The highest BCUT2D eigenvalue weighted by Crippen LogP contribution is 2.23. The van der Waals surface area contributed by atoms with E-state index in [1.54, 1.807) is 0 Å². The predicted molar refractivity (Wildman–Crippen MR) is 74.9 cm³/mol. The zero-order chi connectivity index (χ0) is 12.4. The molecule has 4 heteroatoms. The van der Waals surface area contributed by atoms with Crippen LogP contribution in [0.5, 0.6) is 0 Å². The molecule has 0 aliphatic carbocycles. The normalized spacial score (nSPS) is 14.3. The fourth-order valence-electron chi connectivity index (χ4n) is 1.99. The molecule has 0 spiro atoms. The summed E-state index contributed by atoms with van der Waals surface area (Å²) in [5.74, 6) is 0.854. The predicted octanol–water partition coefficient (Wildman–Crippen LogP) is 3.07. The summed E-state index contributed by atoms with van der Waals surface area (Å²) in [6.45, 7) is 0.657. The number of rotatable bonds is 2. The van der Waals surface area contributed by atoms with Gasteiger partial charge in [-0.05, 0) is 24.3 Å². The first-order chi connectivity index (χ1) is 8.86. The van der Waals surface area contributed by atoms with Crippen molar-refractivity contribution < 1.29 is 0 Å². The Bertz CT molecular complexity index is 581. The topological polar surface area (TPSA) is 27.6 Å². The van der Waals surface area contributed by atoms with Crippen molar-refractivity contribution in [2.75, 3.05) is 11.6 Å². The zero-order valence-corrected chi connectivity index (χ0v) is 10.4. The minimum Gasteiger partial charge on any atom is -0.305 e. The number of hydrazone groups is 1. The van der Waals surface area contributed by atoms with Crippen molar-refractivity contribution in [3.63, 3.8) is 0 Å². The molecule has 0 atom stereocenters. The average molecular weight is 258 g/mol. The Hall–Kier alpha value is -2.00. The Kier molecular flexibility index (Phi) is 2.90. The van der Waals surface area contributed by atoms with Gasteiger partial charge in [0.15, 0.2) is 5.84 Å². The first kappa shape index (κ1) is 11.1. The molecule has 3 nitrogen and oxygen atoms in total. The van der Waals surface area contributed by atoms with Crippen LogP contribution < -0.4 is 10.3 Å². The molecule has 0 saturated heterocycles. The molecule has 2 aromatic carbocycles. The first-order valence-corrected chi connectivity index (χ1v) is 6.12. The van der Waals surface area contributed by atoms with E-state index in [1.807, 2.05) is 42.5 Å². The zero-order valence-electron chi connectivity index (χ0n) is 9.68. The number of anilines is 1. The molecular weight excluding hydrogens is 246 g/mol. The molecule has 0 fully saturated rings. The number of benzene rings is 2. The maximum atomic E-state index is 6.22. The monoisotopic (exact) mass is 257 g/mol. The van der Waals surface area contributed by atoms with Crippen LogP contribution in [-0.2, 0) is 0 Å². The fourth-order valence-corrected chi connectivity index (χ4v) is 2.21. The minimum atomic E-state index is 0.657. The van der Waals surface area contributed by atoms with Gasteiger partial charge in [0.05, 0.1) is 5.02 Å². The number of hydrogen-bond acceptors (Lipinski definition) is 3. The summed E-state index contributed by atoms with van der Waals surface area (Å²) in [5.41, 5.74) is 5.04. The second-order valence-electron chi connectivity index (χ2n) is 4.00. The van der Waals surface area contributed by atoms with Crippen LogP contribution in [-0.4, -0.2) is 12.5 Å². The van der Waals surface area contributed by atoms with Crippen molar-refractivity contribution in [2.45, 2.75) is 0 Å². The van der Waals surface area contributed by atoms with Crippen molar-refractivity contribution in [1.29, 1.82) is 0 Å². The highest BCUT2D eigenvalue weighted by Gasteiger charge is 2.21. The fraction of sp³-hybridized carbons (Fsp3) is 0.0714. The summed E-state index contributed by atoms with van der Waals surface area (Å²) in [4.78, 5) is 2.10. The Morgan fingerprint density at radius 1 is 1.00 bits per heavy atom.